The first-order valence-corrected chi connectivity index (χ1v) is 7.60. The van der Waals surface area contributed by atoms with Crippen LogP contribution in [0.5, 0.6) is 0 Å². The Kier molecular flexibility index (Phi) is 4.19. The Hall–Kier alpha value is -2.61. The normalized spacial score (nSPS) is 10.6. The molecule has 0 N–H and O–H groups in total. The standard InChI is InChI=1S/C20H19NO/c1-2-21(15-20(22)17-10-4-3-5-11-17)19-14-8-12-16-9-6-7-13-18(16)19/h3-14H,2,15H2,1H3. The quantitative estimate of drug-likeness (QED) is 0.642. The van der Waals surface area contributed by atoms with Crippen LogP contribution in [0.1, 0.15) is 17.3 Å². The average molecular weight is 289 g/mol. The van der Waals surface area contributed by atoms with Crippen molar-refractivity contribution in [3.05, 3.63) is 78.4 Å². The summed E-state index contributed by atoms with van der Waals surface area (Å²) in [6.07, 6.45) is 0. The number of rotatable bonds is 5. The third-order valence-electron chi connectivity index (χ3n) is 3.92. The lowest BCUT2D eigenvalue weighted by molar-refractivity contribution is 0.0999. The highest BCUT2D eigenvalue weighted by atomic mass is 16.1. The molecule has 0 spiro atoms. The number of hydrogen-bond donors (Lipinski definition) is 0. The summed E-state index contributed by atoms with van der Waals surface area (Å²) < 4.78 is 0. The maximum Gasteiger partial charge on any atom is 0.182 e. The second-order valence-corrected chi connectivity index (χ2v) is 5.30. The predicted octanol–water partition coefficient (Wildman–Crippen LogP) is 4.55. The zero-order valence-corrected chi connectivity index (χ0v) is 12.7. The summed E-state index contributed by atoms with van der Waals surface area (Å²) in [7, 11) is 0. The third-order valence-corrected chi connectivity index (χ3v) is 3.92. The van der Waals surface area contributed by atoms with Gasteiger partial charge in [0.15, 0.2) is 5.78 Å². The lowest BCUT2D eigenvalue weighted by atomic mass is 10.1. The van der Waals surface area contributed by atoms with Gasteiger partial charge in [0.05, 0.1) is 6.54 Å². The molecule has 3 rings (SSSR count). The van der Waals surface area contributed by atoms with Gasteiger partial charge < -0.3 is 4.90 Å². The largest absolute Gasteiger partial charge is 0.364 e. The molecular weight excluding hydrogens is 270 g/mol. The molecule has 0 fully saturated rings. The van der Waals surface area contributed by atoms with Gasteiger partial charge in [-0.2, -0.15) is 0 Å². The molecule has 0 aliphatic rings. The first kappa shape index (κ1) is 14.3. The molecule has 3 aromatic carbocycles. The molecule has 0 atom stereocenters. The van der Waals surface area contributed by atoms with Crippen molar-refractivity contribution in [1.29, 1.82) is 0 Å². The van der Waals surface area contributed by atoms with Crippen LogP contribution in [-0.4, -0.2) is 18.9 Å². The van der Waals surface area contributed by atoms with Crippen LogP contribution in [-0.2, 0) is 0 Å². The summed E-state index contributed by atoms with van der Waals surface area (Å²) in [6, 6.07) is 24.0. The number of nitrogens with zero attached hydrogens (tertiary/aromatic N) is 1. The first-order chi connectivity index (χ1) is 10.8. The van der Waals surface area contributed by atoms with E-state index in [-0.39, 0.29) is 5.78 Å². The maximum atomic E-state index is 12.5. The maximum absolute atomic E-state index is 12.5. The van der Waals surface area contributed by atoms with Gasteiger partial charge in [0.1, 0.15) is 0 Å². The van der Waals surface area contributed by atoms with Gasteiger partial charge >= 0.3 is 0 Å². The number of carbonyl (C=O) groups excluding carboxylic acids is 1. The molecular formula is C20H19NO. The summed E-state index contributed by atoms with van der Waals surface area (Å²) in [4.78, 5) is 14.6. The predicted molar refractivity (Wildman–Crippen MR) is 92.6 cm³/mol. The molecule has 0 radical (unpaired) electrons. The van der Waals surface area contributed by atoms with Crippen LogP contribution in [0.25, 0.3) is 10.8 Å². The molecule has 0 heterocycles. The summed E-state index contributed by atoms with van der Waals surface area (Å²) in [6.45, 7) is 3.28. The topological polar surface area (TPSA) is 20.3 Å². The Balaban J connectivity index is 1.92. The van der Waals surface area contributed by atoms with Crippen LogP contribution < -0.4 is 4.90 Å². The molecule has 0 aromatic heterocycles. The SMILES string of the molecule is CCN(CC(=O)c1ccccc1)c1cccc2ccccc12. The summed E-state index contributed by atoms with van der Waals surface area (Å²) in [5, 5.41) is 2.39. The molecule has 0 aliphatic carbocycles. The van der Waals surface area contributed by atoms with E-state index in [1.807, 2.05) is 48.5 Å². The Morgan fingerprint density at radius 1 is 0.864 bits per heavy atom. The monoisotopic (exact) mass is 289 g/mol. The number of likely N-dealkylation sites (N-methyl/N-ethyl adjacent to an activating group) is 1. The van der Waals surface area contributed by atoms with Gasteiger partial charge in [0.2, 0.25) is 0 Å². The number of fused-ring (bicyclic) bond motifs is 1. The lowest BCUT2D eigenvalue weighted by Crippen LogP contribution is -2.29. The van der Waals surface area contributed by atoms with E-state index in [1.165, 1.54) is 10.8 Å². The fourth-order valence-electron chi connectivity index (χ4n) is 2.74. The first-order valence-electron chi connectivity index (χ1n) is 7.60. The molecule has 0 amide bonds. The van der Waals surface area contributed by atoms with Crippen molar-refractivity contribution < 1.29 is 4.79 Å². The van der Waals surface area contributed by atoms with Crippen molar-refractivity contribution in [2.45, 2.75) is 6.92 Å². The molecule has 110 valence electrons. The number of hydrogen-bond acceptors (Lipinski definition) is 2. The van der Waals surface area contributed by atoms with Gasteiger partial charge in [-0.3, -0.25) is 4.79 Å². The van der Waals surface area contributed by atoms with Crippen LogP contribution in [0.4, 0.5) is 5.69 Å². The Labute approximate surface area is 131 Å². The summed E-state index contributed by atoms with van der Waals surface area (Å²) in [5.41, 5.74) is 1.88. The number of Topliss-reactive ketones (excluding diaryl/α,β-unsaturated/α-hetero) is 1. The highest BCUT2D eigenvalue weighted by molar-refractivity contribution is 6.01. The third kappa shape index (κ3) is 2.86. The molecule has 0 saturated heterocycles. The molecule has 2 heteroatoms. The summed E-state index contributed by atoms with van der Waals surface area (Å²) >= 11 is 0. The Morgan fingerprint density at radius 2 is 1.55 bits per heavy atom. The van der Waals surface area contributed by atoms with Crippen molar-refractivity contribution >= 4 is 22.2 Å². The molecule has 0 aliphatic heterocycles. The Morgan fingerprint density at radius 3 is 2.32 bits per heavy atom. The van der Waals surface area contributed by atoms with Gasteiger partial charge in [0.25, 0.3) is 0 Å². The average Bonchev–Trinajstić information content (AvgIpc) is 2.60. The van der Waals surface area contributed by atoms with Gasteiger partial charge in [-0.15, -0.1) is 0 Å². The van der Waals surface area contributed by atoms with E-state index in [0.717, 1.165) is 17.8 Å². The highest BCUT2D eigenvalue weighted by Gasteiger charge is 2.13. The number of benzene rings is 3. The minimum Gasteiger partial charge on any atom is -0.364 e. The second kappa shape index (κ2) is 6.44. The number of carbonyl (C=O) groups is 1. The van der Waals surface area contributed by atoms with Crippen molar-refractivity contribution in [3.63, 3.8) is 0 Å². The molecule has 22 heavy (non-hydrogen) atoms. The fourth-order valence-corrected chi connectivity index (χ4v) is 2.74. The van der Waals surface area contributed by atoms with E-state index in [9.17, 15) is 4.79 Å². The second-order valence-electron chi connectivity index (χ2n) is 5.30. The van der Waals surface area contributed by atoms with E-state index in [2.05, 4.69) is 36.1 Å². The zero-order chi connectivity index (χ0) is 15.4. The fraction of sp³-hybridized carbons (Fsp3) is 0.150. The molecule has 0 bridgehead atoms. The lowest BCUT2D eigenvalue weighted by Gasteiger charge is -2.24. The van der Waals surface area contributed by atoms with Crippen LogP contribution in [0.2, 0.25) is 0 Å². The smallest absolute Gasteiger partial charge is 0.182 e. The van der Waals surface area contributed by atoms with Crippen LogP contribution in [0.3, 0.4) is 0 Å². The zero-order valence-electron chi connectivity index (χ0n) is 12.7. The van der Waals surface area contributed by atoms with Crippen molar-refractivity contribution in [2.24, 2.45) is 0 Å². The molecule has 0 saturated carbocycles. The van der Waals surface area contributed by atoms with E-state index >= 15 is 0 Å². The Bertz CT molecular complexity index is 775. The number of ketones is 1. The number of anilines is 1. The van der Waals surface area contributed by atoms with Crippen LogP contribution >= 0.6 is 0 Å². The van der Waals surface area contributed by atoms with Gasteiger partial charge in [-0.05, 0) is 18.4 Å². The molecule has 3 aromatic rings. The van der Waals surface area contributed by atoms with E-state index in [0.29, 0.717) is 6.54 Å². The van der Waals surface area contributed by atoms with Crippen molar-refractivity contribution in [2.75, 3.05) is 18.0 Å². The van der Waals surface area contributed by atoms with Gasteiger partial charge in [-0.25, -0.2) is 0 Å². The van der Waals surface area contributed by atoms with Crippen molar-refractivity contribution in [1.82, 2.24) is 0 Å². The van der Waals surface area contributed by atoms with Crippen molar-refractivity contribution in [3.8, 4) is 0 Å². The van der Waals surface area contributed by atoms with Gasteiger partial charge in [0, 0.05) is 23.2 Å². The van der Waals surface area contributed by atoms with Gasteiger partial charge in [-0.1, -0.05) is 66.7 Å². The molecule has 0 unspecified atom stereocenters. The summed E-state index contributed by atoms with van der Waals surface area (Å²) in [5.74, 6) is 0.149. The minimum absolute atomic E-state index is 0.149. The van der Waals surface area contributed by atoms with E-state index in [4.69, 9.17) is 0 Å². The van der Waals surface area contributed by atoms with E-state index < -0.39 is 0 Å². The highest BCUT2D eigenvalue weighted by Crippen LogP contribution is 2.26. The molecule has 2 nitrogen and oxygen atoms in total. The van der Waals surface area contributed by atoms with E-state index in [1.54, 1.807) is 0 Å². The van der Waals surface area contributed by atoms with Crippen LogP contribution in [0.15, 0.2) is 72.8 Å². The minimum atomic E-state index is 0.149. The van der Waals surface area contributed by atoms with Crippen LogP contribution in [0, 0.1) is 0 Å².